The van der Waals surface area contributed by atoms with Gasteiger partial charge >= 0.3 is 0 Å². The molecule has 0 saturated heterocycles. The molecule has 1 fully saturated rings. The first-order chi connectivity index (χ1) is 15.7. The molecule has 0 aromatic heterocycles. The second kappa shape index (κ2) is 10.1. The summed E-state index contributed by atoms with van der Waals surface area (Å²) in [4.78, 5) is 12.7. The van der Waals surface area contributed by atoms with Crippen LogP contribution in [0.4, 0.5) is 0 Å². The maximum absolute atomic E-state index is 13.0. The highest BCUT2D eigenvalue weighted by atomic mass is 79.9. The van der Waals surface area contributed by atoms with Crippen LogP contribution in [0.3, 0.4) is 0 Å². The van der Waals surface area contributed by atoms with E-state index in [4.69, 9.17) is 8.85 Å². The van der Waals surface area contributed by atoms with Crippen molar-refractivity contribution < 1.29 is 13.6 Å². The molecular weight excluding hydrogens is 520 g/mol. The van der Waals surface area contributed by atoms with Gasteiger partial charge in [-0.05, 0) is 33.5 Å². The zero-order chi connectivity index (χ0) is 25.4. The van der Waals surface area contributed by atoms with Gasteiger partial charge in [0.05, 0.1) is 10.9 Å². The summed E-state index contributed by atoms with van der Waals surface area (Å²) in [7, 11) is -4.70. The lowest BCUT2D eigenvalue weighted by Gasteiger charge is -2.46. The second-order valence-corrected chi connectivity index (χ2v) is 22.2. The highest BCUT2D eigenvalue weighted by Gasteiger charge is 2.55. The lowest BCUT2D eigenvalue weighted by molar-refractivity contribution is -0.117. The van der Waals surface area contributed by atoms with Crippen molar-refractivity contribution in [3.63, 3.8) is 0 Å². The van der Waals surface area contributed by atoms with Crippen LogP contribution in [-0.2, 0) is 13.6 Å². The molecule has 186 valence electrons. The number of carbonyl (C=O) groups excluding carboxylic acids is 1. The highest BCUT2D eigenvalue weighted by Crippen LogP contribution is 2.43. The smallest absolute Gasteiger partial charge is 0.261 e. The van der Waals surface area contributed by atoms with E-state index < -0.39 is 16.6 Å². The summed E-state index contributed by atoms with van der Waals surface area (Å²) < 4.78 is 14.0. The minimum atomic E-state index is -2.74. The van der Waals surface area contributed by atoms with Crippen LogP contribution in [0.1, 0.15) is 48.0 Å². The van der Waals surface area contributed by atoms with E-state index in [-0.39, 0.29) is 32.7 Å². The van der Waals surface area contributed by atoms with Crippen LogP contribution in [0.2, 0.25) is 23.2 Å². The average molecular weight is 562 g/mol. The summed E-state index contributed by atoms with van der Waals surface area (Å²) in [6, 6.07) is 21.3. The summed E-state index contributed by atoms with van der Waals surface area (Å²) in [5.41, 5.74) is 0. The van der Waals surface area contributed by atoms with E-state index in [1.165, 1.54) is 10.4 Å². The van der Waals surface area contributed by atoms with Gasteiger partial charge < -0.3 is 8.85 Å². The van der Waals surface area contributed by atoms with Gasteiger partial charge in [-0.1, -0.05) is 118 Å². The van der Waals surface area contributed by atoms with Crippen LogP contribution in [-0.4, -0.2) is 40.0 Å². The number of benzene rings is 2. The van der Waals surface area contributed by atoms with E-state index in [1.54, 1.807) is 0 Å². The Hall–Kier alpha value is -1.06. The quantitative estimate of drug-likeness (QED) is 0.294. The van der Waals surface area contributed by atoms with Crippen molar-refractivity contribution in [2.24, 2.45) is 5.92 Å². The van der Waals surface area contributed by atoms with Gasteiger partial charge in [0.15, 0.2) is 8.32 Å². The minimum Gasteiger partial charge on any atom is -0.416 e. The lowest BCUT2D eigenvalue weighted by atomic mass is 10.1. The Morgan fingerprint density at radius 2 is 1.32 bits per heavy atom. The van der Waals surface area contributed by atoms with Gasteiger partial charge in [-0.3, -0.25) is 4.79 Å². The molecule has 1 saturated carbocycles. The summed E-state index contributed by atoms with van der Waals surface area (Å²) in [5.74, 6) is 0.204. The molecule has 0 N–H and O–H groups in total. The summed E-state index contributed by atoms with van der Waals surface area (Å²) in [6.45, 7) is 18.7. The first-order valence-electron chi connectivity index (χ1n) is 12.3. The molecule has 2 aromatic rings. The molecule has 3 atom stereocenters. The van der Waals surface area contributed by atoms with Crippen LogP contribution in [0.25, 0.3) is 0 Å². The molecule has 34 heavy (non-hydrogen) atoms. The first-order valence-corrected chi connectivity index (χ1v) is 18.0. The number of carbonyl (C=O) groups is 1. The number of halogens is 1. The van der Waals surface area contributed by atoms with Gasteiger partial charge in [0.1, 0.15) is 5.78 Å². The van der Waals surface area contributed by atoms with Gasteiger partial charge in [-0.25, -0.2) is 0 Å². The van der Waals surface area contributed by atoms with E-state index in [0.29, 0.717) is 13.0 Å². The number of ketones is 1. The number of hydrogen-bond donors (Lipinski definition) is 0. The third kappa shape index (κ3) is 5.36. The predicted molar refractivity (Wildman–Crippen MR) is 151 cm³/mol. The number of Topliss-reactive ketones (excluding diaryl/α,β-unsaturated/α-hetero) is 1. The van der Waals surface area contributed by atoms with Gasteiger partial charge in [-0.2, -0.15) is 0 Å². The van der Waals surface area contributed by atoms with E-state index in [2.05, 4.69) is 131 Å². The third-order valence-corrected chi connectivity index (χ3v) is 18.5. The van der Waals surface area contributed by atoms with E-state index in [0.717, 1.165) is 0 Å². The topological polar surface area (TPSA) is 35.5 Å². The van der Waals surface area contributed by atoms with Crippen LogP contribution in [0.5, 0.6) is 0 Å². The van der Waals surface area contributed by atoms with Crippen molar-refractivity contribution in [3.8, 4) is 0 Å². The summed E-state index contributed by atoms with van der Waals surface area (Å²) >= 11 is 3.72. The molecule has 2 aromatic carbocycles. The summed E-state index contributed by atoms with van der Waals surface area (Å²) in [5, 5.41) is 2.46. The molecule has 6 heteroatoms. The normalized spacial score (nSPS) is 22.3. The SMILES string of the molecule is CC(C)(C)[Si](C)(C)OC[C@H]1[C@@H](O[Si](c2ccccc2)(c2ccccc2)C(C)(C)C)CC(=O)[C@H]1Br. The Morgan fingerprint density at radius 3 is 1.74 bits per heavy atom. The summed E-state index contributed by atoms with van der Waals surface area (Å²) in [6.07, 6.45) is 0.235. The van der Waals surface area contributed by atoms with Gasteiger partial charge in [-0.15, -0.1) is 0 Å². The monoisotopic (exact) mass is 560 g/mol. The van der Waals surface area contributed by atoms with E-state index in [9.17, 15) is 4.79 Å². The molecule has 3 nitrogen and oxygen atoms in total. The molecule has 0 spiro atoms. The Bertz CT molecular complexity index is 925. The van der Waals surface area contributed by atoms with Crippen LogP contribution < -0.4 is 10.4 Å². The number of rotatable bonds is 7. The maximum Gasteiger partial charge on any atom is 0.261 e. The molecule has 1 aliphatic carbocycles. The molecule has 3 rings (SSSR count). The largest absolute Gasteiger partial charge is 0.416 e. The Labute approximate surface area is 217 Å². The fraction of sp³-hybridized carbons (Fsp3) is 0.536. The van der Waals surface area contributed by atoms with Crippen molar-refractivity contribution in [3.05, 3.63) is 60.7 Å². The van der Waals surface area contributed by atoms with Gasteiger partial charge in [0.25, 0.3) is 8.32 Å². The van der Waals surface area contributed by atoms with Crippen LogP contribution >= 0.6 is 15.9 Å². The molecular formula is C28H41BrO3Si2. The Balaban J connectivity index is 2.05. The molecule has 0 unspecified atom stereocenters. The van der Waals surface area contributed by atoms with Crippen LogP contribution in [0, 0.1) is 5.92 Å². The average Bonchev–Trinajstić information content (AvgIpc) is 3.02. The van der Waals surface area contributed by atoms with E-state index in [1.807, 2.05) is 0 Å². The molecule has 0 amide bonds. The van der Waals surface area contributed by atoms with Crippen molar-refractivity contribution in [1.82, 2.24) is 0 Å². The molecule has 0 heterocycles. The zero-order valence-electron chi connectivity index (χ0n) is 22.0. The van der Waals surface area contributed by atoms with Gasteiger partial charge in [0.2, 0.25) is 0 Å². The molecule has 0 bridgehead atoms. The predicted octanol–water partition coefficient (Wildman–Crippen LogP) is 6.31. The van der Waals surface area contributed by atoms with Crippen molar-refractivity contribution in [2.45, 2.75) is 82.1 Å². The van der Waals surface area contributed by atoms with Crippen LogP contribution in [0.15, 0.2) is 60.7 Å². The Morgan fingerprint density at radius 1 is 0.853 bits per heavy atom. The second-order valence-electron chi connectivity index (χ2n) is 12.1. The third-order valence-electron chi connectivity index (χ3n) is 7.75. The van der Waals surface area contributed by atoms with E-state index >= 15 is 0 Å². The lowest BCUT2D eigenvalue weighted by Crippen LogP contribution is -2.68. The fourth-order valence-electron chi connectivity index (χ4n) is 4.65. The first kappa shape index (κ1) is 27.5. The molecule has 0 aliphatic heterocycles. The minimum absolute atomic E-state index is 0.0109. The zero-order valence-corrected chi connectivity index (χ0v) is 25.6. The fourth-order valence-corrected chi connectivity index (χ4v) is 11.1. The van der Waals surface area contributed by atoms with Crippen molar-refractivity contribution >= 4 is 48.7 Å². The standard InChI is InChI=1S/C28H41BrO3Si2/c1-27(2,3)33(7,8)31-20-23-25(19-24(30)26(23)29)32-34(28(4,5)6,21-15-11-9-12-16-21)22-17-13-10-14-18-22/h9-18,23,25-26H,19-20H2,1-8H3/t23-,25-,26-/m0/s1. The Kier molecular flexibility index (Phi) is 8.20. The highest BCUT2D eigenvalue weighted by molar-refractivity contribution is 9.10. The number of hydrogen-bond acceptors (Lipinski definition) is 3. The molecule has 1 aliphatic rings. The molecule has 0 radical (unpaired) electrons. The maximum atomic E-state index is 13.0. The van der Waals surface area contributed by atoms with Crippen molar-refractivity contribution in [1.29, 1.82) is 0 Å². The number of alkyl halides is 1. The van der Waals surface area contributed by atoms with Gasteiger partial charge in [0, 0.05) is 18.9 Å². The van der Waals surface area contributed by atoms with Crippen molar-refractivity contribution in [2.75, 3.05) is 6.61 Å².